The molecular weight excluding hydrogens is 212 g/mol. The first-order valence-electron chi connectivity index (χ1n) is 6.34. The summed E-state index contributed by atoms with van der Waals surface area (Å²) in [4.78, 5) is 2.29. The van der Waals surface area contributed by atoms with Gasteiger partial charge >= 0.3 is 0 Å². The molecule has 0 amide bonds. The van der Waals surface area contributed by atoms with Crippen molar-refractivity contribution >= 4 is 0 Å². The Labute approximate surface area is 95.9 Å². The van der Waals surface area contributed by atoms with Gasteiger partial charge in [-0.2, -0.15) is 0 Å². The van der Waals surface area contributed by atoms with Crippen LogP contribution in [0.5, 0.6) is 0 Å². The van der Waals surface area contributed by atoms with Crippen LogP contribution in [0.15, 0.2) is 0 Å². The molecule has 0 aromatic carbocycles. The molecule has 2 bridgehead atoms. The van der Waals surface area contributed by atoms with Crippen LogP contribution in [-0.4, -0.2) is 42.7 Å². The molecule has 0 aromatic rings. The van der Waals surface area contributed by atoms with Gasteiger partial charge in [0.25, 0.3) is 5.92 Å². The Balaban J connectivity index is 1.79. The van der Waals surface area contributed by atoms with Gasteiger partial charge in [0.1, 0.15) is 0 Å². The standard InChI is InChI=1S/C12H21F2NO/c1-2-16-7-3-6-15-10-4-5-11(15)9-12(13,14)8-10/h10-11H,2-9H2,1H3. The maximum Gasteiger partial charge on any atom is 0.251 e. The highest BCUT2D eigenvalue weighted by Gasteiger charge is 2.48. The molecule has 0 aromatic heterocycles. The Morgan fingerprint density at radius 2 is 1.88 bits per heavy atom. The fourth-order valence-electron chi connectivity index (χ4n) is 3.08. The van der Waals surface area contributed by atoms with Gasteiger partial charge < -0.3 is 4.74 Å². The highest BCUT2D eigenvalue weighted by molar-refractivity contribution is 4.98. The van der Waals surface area contributed by atoms with E-state index in [9.17, 15) is 8.78 Å². The van der Waals surface area contributed by atoms with E-state index in [1.54, 1.807) is 0 Å². The van der Waals surface area contributed by atoms with E-state index in [2.05, 4.69) is 4.90 Å². The number of nitrogens with zero attached hydrogens (tertiary/aromatic N) is 1. The van der Waals surface area contributed by atoms with E-state index in [4.69, 9.17) is 4.74 Å². The van der Waals surface area contributed by atoms with Crippen molar-refractivity contribution in [3.8, 4) is 0 Å². The average molecular weight is 233 g/mol. The molecule has 2 heterocycles. The normalized spacial score (nSPS) is 33.2. The Morgan fingerprint density at radius 1 is 1.25 bits per heavy atom. The molecule has 0 spiro atoms. The van der Waals surface area contributed by atoms with Crippen molar-refractivity contribution in [2.45, 2.75) is 57.0 Å². The maximum absolute atomic E-state index is 13.3. The van der Waals surface area contributed by atoms with E-state index >= 15 is 0 Å². The quantitative estimate of drug-likeness (QED) is 0.677. The van der Waals surface area contributed by atoms with Crippen LogP contribution in [0.4, 0.5) is 8.78 Å². The number of alkyl halides is 2. The first-order chi connectivity index (χ1) is 7.62. The molecule has 2 unspecified atom stereocenters. The second kappa shape index (κ2) is 4.96. The van der Waals surface area contributed by atoms with Crippen LogP contribution in [0, 0.1) is 0 Å². The van der Waals surface area contributed by atoms with E-state index in [1.165, 1.54) is 0 Å². The summed E-state index contributed by atoms with van der Waals surface area (Å²) in [5.74, 6) is -2.41. The van der Waals surface area contributed by atoms with Crippen molar-refractivity contribution in [3.63, 3.8) is 0 Å². The van der Waals surface area contributed by atoms with Gasteiger partial charge in [-0.25, -0.2) is 8.78 Å². The van der Waals surface area contributed by atoms with Crippen molar-refractivity contribution in [2.75, 3.05) is 19.8 Å². The average Bonchev–Trinajstić information content (AvgIpc) is 2.45. The van der Waals surface area contributed by atoms with Gasteiger partial charge in [0.2, 0.25) is 0 Å². The summed E-state index contributed by atoms with van der Waals surface area (Å²) >= 11 is 0. The van der Waals surface area contributed by atoms with Gasteiger partial charge in [0, 0.05) is 44.7 Å². The lowest BCUT2D eigenvalue weighted by Crippen LogP contribution is -2.47. The number of halogens is 2. The monoisotopic (exact) mass is 233 g/mol. The minimum absolute atomic E-state index is 0.0676. The van der Waals surface area contributed by atoms with Crippen molar-refractivity contribution < 1.29 is 13.5 Å². The predicted octanol–water partition coefficient (Wildman–Crippen LogP) is 2.68. The topological polar surface area (TPSA) is 12.5 Å². The first-order valence-corrected chi connectivity index (χ1v) is 6.34. The second-order valence-electron chi connectivity index (χ2n) is 4.94. The molecule has 2 nitrogen and oxygen atoms in total. The predicted molar refractivity (Wildman–Crippen MR) is 58.8 cm³/mol. The summed E-state index contributed by atoms with van der Waals surface area (Å²) in [6.45, 7) is 4.39. The Hall–Kier alpha value is -0.220. The van der Waals surface area contributed by atoms with Gasteiger partial charge in [-0.3, -0.25) is 4.90 Å². The molecular formula is C12H21F2NO. The highest BCUT2D eigenvalue weighted by Crippen LogP contribution is 2.43. The van der Waals surface area contributed by atoms with Gasteiger partial charge in [-0.05, 0) is 26.2 Å². The third-order valence-corrected chi connectivity index (χ3v) is 3.75. The zero-order valence-electron chi connectivity index (χ0n) is 9.92. The number of piperidine rings is 1. The third-order valence-electron chi connectivity index (χ3n) is 3.75. The van der Waals surface area contributed by atoms with Crippen molar-refractivity contribution in [3.05, 3.63) is 0 Å². The number of hydrogen-bond acceptors (Lipinski definition) is 2. The Bertz CT molecular complexity index is 219. The SMILES string of the molecule is CCOCCCN1C2CCC1CC(F)(F)C2. The highest BCUT2D eigenvalue weighted by atomic mass is 19.3. The largest absolute Gasteiger partial charge is 0.382 e. The summed E-state index contributed by atoms with van der Waals surface area (Å²) in [6, 6.07) is 0.241. The van der Waals surface area contributed by atoms with Gasteiger partial charge in [0.15, 0.2) is 0 Å². The molecule has 0 saturated carbocycles. The van der Waals surface area contributed by atoms with E-state index in [-0.39, 0.29) is 24.9 Å². The summed E-state index contributed by atoms with van der Waals surface area (Å²) in [6.07, 6.45) is 3.01. The van der Waals surface area contributed by atoms with Crippen molar-refractivity contribution in [1.82, 2.24) is 4.90 Å². The van der Waals surface area contributed by atoms with E-state index in [1.807, 2.05) is 6.92 Å². The molecule has 2 aliphatic rings. The van der Waals surface area contributed by atoms with Crippen molar-refractivity contribution in [2.24, 2.45) is 0 Å². The molecule has 0 N–H and O–H groups in total. The number of fused-ring (bicyclic) bond motifs is 2. The minimum Gasteiger partial charge on any atom is -0.382 e. The zero-order valence-corrected chi connectivity index (χ0v) is 9.92. The van der Waals surface area contributed by atoms with Crippen LogP contribution in [0.2, 0.25) is 0 Å². The maximum atomic E-state index is 13.3. The number of ether oxygens (including phenoxy) is 1. The lowest BCUT2D eigenvalue weighted by atomic mass is 9.99. The lowest BCUT2D eigenvalue weighted by Gasteiger charge is -2.38. The van der Waals surface area contributed by atoms with Gasteiger partial charge in [-0.15, -0.1) is 0 Å². The van der Waals surface area contributed by atoms with E-state index in [0.717, 1.165) is 39.0 Å². The molecule has 16 heavy (non-hydrogen) atoms. The van der Waals surface area contributed by atoms with Gasteiger partial charge in [0.05, 0.1) is 0 Å². The smallest absolute Gasteiger partial charge is 0.251 e. The number of hydrogen-bond donors (Lipinski definition) is 0. The summed E-state index contributed by atoms with van der Waals surface area (Å²) in [5.41, 5.74) is 0. The minimum atomic E-state index is -2.41. The Morgan fingerprint density at radius 3 is 2.44 bits per heavy atom. The molecule has 2 aliphatic heterocycles. The zero-order chi connectivity index (χ0) is 11.6. The summed E-state index contributed by atoms with van der Waals surface area (Å²) in [7, 11) is 0. The van der Waals surface area contributed by atoms with Crippen molar-refractivity contribution in [1.29, 1.82) is 0 Å². The summed E-state index contributed by atoms with van der Waals surface area (Å²) < 4.78 is 31.9. The second-order valence-corrected chi connectivity index (χ2v) is 4.94. The molecule has 2 atom stereocenters. The summed E-state index contributed by atoms with van der Waals surface area (Å²) in [5, 5.41) is 0. The van der Waals surface area contributed by atoms with Crippen LogP contribution < -0.4 is 0 Å². The van der Waals surface area contributed by atoms with Crippen LogP contribution in [-0.2, 0) is 4.74 Å². The molecule has 2 saturated heterocycles. The lowest BCUT2D eigenvalue weighted by molar-refractivity contribution is -0.0835. The van der Waals surface area contributed by atoms with Crippen LogP contribution in [0.25, 0.3) is 0 Å². The Kier molecular flexibility index (Phi) is 3.80. The first kappa shape index (κ1) is 12.2. The van der Waals surface area contributed by atoms with Crippen LogP contribution >= 0.6 is 0 Å². The molecule has 4 heteroatoms. The fraction of sp³-hybridized carbons (Fsp3) is 1.00. The van der Waals surface area contributed by atoms with E-state index in [0.29, 0.717) is 0 Å². The molecule has 94 valence electrons. The molecule has 2 fully saturated rings. The molecule has 0 aliphatic carbocycles. The van der Waals surface area contributed by atoms with E-state index < -0.39 is 5.92 Å². The van der Waals surface area contributed by atoms with Crippen LogP contribution in [0.1, 0.15) is 39.0 Å². The third kappa shape index (κ3) is 2.72. The number of rotatable bonds is 5. The molecule has 2 rings (SSSR count). The molecule has 0 radical (unpaired) electrons. The fourth-order valence-corrected chi connectivity index (χ4v) is 3.08. The van der Waals surface area contributed by atoms with Crippen LogP contribution in [0.3, 0.4) is 0 Å². The van der Waals surface area contributed by atoms with Gasteiger partial charge in [-0.1, -0.05) is 0 Å².